The van der Waals surface area contributed by atoms with Gasteiger partial charge in [-0.15, -0.1) is 0 Å². The highest BCUT2D eigenvalue weighted by Crippen LogP contribution is 2.42. The number of hydrogen-bond acceptors (Lipinski definition) is 2. The molecule has 0 saturated carbocycles. The largest absolute Gasteiger partial charge is 0.486 e. The summed E-state index contributed by atoms with van der Waals surface area (Å²) in [5.74, 6) is 0.859. The fourth-order valence-electron chi connectivity index (χ4n) is 2.35. The van der Waals surface area contributed by atoms with Gasteiger partial charge in [0.25, 0.3) is 0 Å². The van der Waals surface area contributed by atoms with E-state index in [2.05, 4.69) is 6.07 Å². The van der Waals surface area contributed by atoms with Gasteiger partial charge in [-0.3, -0.25) is 0 Å². The van der Waals surface area contributed by atoms with Crippen molar-refractivity contribution in [1.29, 1.82) is 0 Å². The monoisotopic (exact) mass is 214 g/mol. The summed E-state index contributed by atoms with van der Waals surface area (Å²) in [7, 11) is 0. The molecule has 0 aromatic heterocycles. The van der Waals surface area contributed by atoms with Gasteiger partial charge in [0.15, 0.2) is 0 Å². The second kappa shape index (κ2) is 3.49. The first-order valence-electron chi connectivity index (χ1n) is 5.67. The smallest absolute Gasteiger partial charge is 0.133 e. The van der Waals surface area contributed by atoms with E-state index in [-0.39, 0.29) is 6.10 Å². The topological polar surface area (TPSA) is 29.5 Å². The van der Waals surface area contributed by atoms with E-state index in [4.69, 9.17) is 4.74 Å². The summed E-state index contributed by atoms with van der Waals surface area (Å²) in [6, 6.07) is 12.1. The molecule has 0 radical (unpaired) electrons. The van der Waals surface area contributed by atoms with Crippen molar-refractivity contribution < 1.29 is 9.84 Å². The minimum absolute atomic E-state index is 0.0965. The Morgan fingerprint density at radius 2 is 2.00 bits per heavy atom. The van der Waals surface area contributed by atoms with Crippen LogP contribution in [0.15, 0.2) is 36.4 Å². The average Bonchev–Trinajstić information content (AvgIpc) is 2.67. The maximum absolute atomic E-state index is 10.1. The van der Waals surface area contributed by atoms with Crippen LogP contribution >= 0.6 is 0 Å². The van der Waals surface area contributed by atoms with Crippen molar-refractivity contribution >= 4 is 10.8 Å². The van der Waals surface area contributed by atoms with Gasteiger partial charge in [0, 0.05) is 10.9 Å². The van der Waals surface area contributed by atoms with Crippen LogP contribution < -0.4 is 4.74 Å². The number of aliphatic hydroxyl groups is 1. The van der Waals surface area contributed by atoms with E-state index in [1.54, 1.807) is 0 Å². The van der Waals surface area contributed by atoms with Crippen LogP contribution in [0.2, 0.25) is 0 Å². The Morgan fingerprint density at radius 1 is 1.19 bits per heavy atom. The molecule has 2 unspecified atom stereocenters. The number of hydrogen-bond donors (Lipinski definition) is 1. The molecule has 1 aliphatic heterocycles. The van der Waals surface area contributed by atoms with E-state index < -0.39 is 6.10 Å². The minimum Gasteiger partial charge on any atom is -0.486 e. The second-order valence-corrected chi connectivity index (χ2v) is 4.21. The van der Waals surface area contributed by atoms with Gasteiger partial charge >= 0.3 is 0 Å². The molecule has 82 valence electrons. The third-order valence-corrected chi connectivity index (χ3v) is 3.25. The second-order valence-electron chi connectivity index (χ2n) is 4.21. The van der Waals surface area contributed by atoms with E-state index in [1.807, 2.05) is 37.3 Å². The molecule has 0 spiro atoms. The third-order valence-electron chi connectivity index (χ3n) is 3.25. The standard InChI is InChI=1S/C14H14O2/c1-2-12-13(15)11-8-7-9-5-3-4-6-10(9)14(11)16-12/h3-8,12-13,15H,2H2,1H3. The van der Waals surface area contributed by atoms with Gasteiger partial charge in [-0.25, -0.2) is 0 Å². The predicted molar refractivity (Wildman–Crippen MR) is 63.6 cm³/mol. The van der Waals surface area contributed by atoms with Gasteiger partial charge in [-0.1, -0.05) is 43.3 Å². The molecule has 2 atom stereocenters. The van der Waals surface area contributed by atoms with Gasteiger partial charge in [0.2, 0.25) is 0 Å². The lowest BCUT2D eigenvalue weighted by molar-refractivity contribution is 0.0658. The quantitative estimate of drug-likeness (QED) is 0.790. The van der Waals surface area contributed by atoms with Gasteiger partial charge in [0.05, 0.1) is 0 Å². The van der Waals surface area contributed by atoms with Gasteiger partial charge in [0.1, 0.15) is 18.0 Å². The Labute approximate surface area is 94.5 Å². The van der Waals surface area contributed by atoms with Crippen molar-refractivity contribution in [3.8, 4) is 5.75 Å². The summed E-state index contributed by atoms with van der Waals surface area (Å²) in [5.41, 5.74) is 0.922. The fraction of sp³-hybridized carbons (Fsp3) is 0.286. The highest BCUT2D eigenvalue weighted by atomic mass is 16.5. The molecule has 2 aromatic rings. The fourth-order valence-corrected chi connectivity index (χ4v) is 2.35. The molecule has 2 nitrogen and oxygen atoms in total. The minimum atomic E-state index is -0.482. The molecule has 0 aliphatic carbocycles. The number of ether oxygens (including phenoxy) is 1. The van der Waals surface area contributed by atoms with Crippen LogP contribution in [0.1, 0.15) is 25.0 Å². The molecule has 16 heavy (non-hydrogen) atoms. The highest BCUT2D eigenvalue weighted by molar-refractivity contribution is 5.90. The van der Waals surface area contributed by atoms with E-state index in [0.29, 0.717) is 0 Å². The first-order chi connectivity index (χ1) is 7.81. The summed E-state index contributed by atoms with van der Waals surface area (Å²) in [6.07, 6.45) is 0.245. The molecule has 1 N–H and O–H groups in total. The molecular formula is C14H14O2. The van der Waals surface area contributed by atoms with Gasteiger partial charge in [-0.05, 0) is 11.8 Å². The van der Waals surface area contributed by atoms with Gasteiger partial charge in [-0.2, -0.15) is 0 Å². The maximum Gasteiger partial charge on any atom is 0.133 e. The normalized spacial score (nSPS) is 23.1. The SMILES string of the molecule is CCC1Oc2c(ccc3ccccc23)C1O. The van der Waals surface area contributed by atoms with Gasteiger partial charge < -0.3 is 9.84 Å². The number of aliphatic hydroxyl groups excluding tert-OH is 1. The third kappa shape index (κ3) is 1.23. The van der Waals surface area contributed by atoms with Crippen molar-refractivity contribution in [2.75, 3.05) is 0 Å². The van der Waals surface area contributed by atoms with Crippen LogP contribution in [0, 0.1) is 0 Å². The lowest BCUT2D eigenvalue weighted by Gasteiger charge is -2.10. The van der Waals surface area contributed by atoms with Crippen LogP contribution in [-0.4, -0.2) is 11.2 Å². The zero-order valence-electron chi connectivity index (χ0n) is 9.18. The van der Waals surface area contributed by atoms with E-state index in [9.17, 15) is 5.11 Å². The summed E-state index contributed by atoms with van der Waals surface area (Å²) in [5, 5.41) is 12.3. The van der Waals surface area contributed by atoms with Crippen molar-refractivity contribution in [2.45, 2.75) is 25.6 Å². The maximum atomic E-state index is 10.1. The van der Waals surface area contributed by atoms with Crippen LogP contribution in [0.25, 0.3) is 10.8 Å². The Morgan fingerprint density at radius 3 is 2.81 bits per heavy atom. The molecule has 0 bridgehead atoms. The molecule has 0 fully saturated rings. The summed E-state index contributed by atoms with van der Waals surface area (Å²) in [6.45, 7) is 2.03. The van der Waals surface area contributed by atoms with Crippen molar-refractivity contribution in [2.24, 2.45) is 0 Å². The summed E-state index contributed by atoms with van der Waals surface area (Å²) in [4.78, 5) is 0. The van der Waals surface area contributed by atoms with Crippen molar-refractivity contribution in [1.82, 2.24) is 0 Å². The van der Waals surface area contributed by atoms with Crippen molar-refractivity contribution in [3.05, 3.63) is 42.0 Å². The molecule has 1 aliphatic rings. The Balaban J connectivity index is 2.23. The number of fused-ring (bicyclic) bond motifs is 3. The van der Waals surface area contributed by atoms with Crippen LogP contribution in [0.3, 0.4) is 0 Å². The number of benzene rings is 2. The molecule has 1 heterocycles. The first-order valence-corrected chi connectivity index (χ1v) is 5.67. The molecule has 0 saturated heterocycles. The van der Waals surface area contributed by atoms with E-state index in [0.717, 1.165) is 28.5 Å². The highest BCUT2D eigenvalue weighted by Gasteiger charge is 2.32. The number of rotatable bonds is 1. The van der Waals surface area contributed by atoms with Crippen LogP contribution in [-0.2, 0) is 0 Å². The molecule has 2 aromatic carbocycles. The van der Waals surface area contributed by atoms with Crippen LogP contribution in [0.4, 0.5) is 0 Å². The van der Waals surface area contributed by atoms with E-state index >= 15 is 0 Å². The Kier molecular flexibility index (Phi) is 2.11. The molecule has 3 rings (SSSR count). The zero-order valence-corrected chi connectivity index (χ0v) is 9.18. The van der Waals surface area contributed by atoms with E-state index in [1.165, 1.54) is 0 Å². The molecular weight excluding hydrogens is 200 g/mol. The Bertz CT molecular complexity index is 533. The summed E-state index contributed by atoms with van der Waals surface area (Å²) < 4.78 is 5.83. The Hall–Kier alpha value is -1.54. The molecule has 0 amide bonds. The summed E-state index contributed by atoms with van der Waals surface area (Å²) >= 11 is 0. The van der Waals surface area contributed by atoms with Crippen LogP contribution in [0.5, 0.6) is 5.75 Å². The first kappa shape index (κ1) is 9.67. The lowest BCUT2D eigenvalue weighted by atomic mass is 10.0. The predicted octanol–water partition coefficient (Wildman–Crippen LogP) is 3.04. The molecule has 2 heteroatoms. The van der Waals surface area contributed by atoms with Crippen molar-refractivity contribution in [3.63, 3.8) is 0 Å². The zero-order chi connectivity index (χ0) is 11.1. The lowest BCUT2D eigenvalue weighted by Crippen LogP contribution is -2.16. The average molecular weight is 214 g/mol.